The summed E-state index contributed by atoms with van der Waals surface area (Å²) >= 11 is 0. The van der Waals surface area contributed by atoms with Crippen LogP contribution >= 0.6 is 0 Å². The first-order valence-electron chi connectivity index (χ1n) is 9.09. The summed E-state index contributed by atoms with van der Waals surface area (Å²) in [4.78, 5) is 24.3. The summed E-state index contributed by atoms with van der Waals surface area (Å²) in [5, 5.41) is 0. The van der Waals surface area contributed by atoms with E-state index in [1.165, 1.54) is 17.2 Å². The van der Waals surface area contributed by atoms with E-state index in [9.17, 15) is 9.59 Å². The Balaban J connectivity index is 2.06. The van der Waals surface area contributed by atoms with Crippen LogP contribution in [-0.4, -0.2) is 17.9 Å². The molecule has 1 aliphatic carbocycles. The van der Waals surface area contributed by atoms with Gasteiger partial charge in [-0.05, 0) is 68.2 Å². The summed E-state index contributed by atoms with van der Waals surface area (Å²) in [6.07, 6.45) is 4.53. The quantitative estimate of drug-likeness (QED) is 0.578. The Morgan fingerprint density at radius 2 is 1.84 bits per heavy atom. The summed E-state index contributed by atoms with van der Waals surface area (Å²) in [5.41, 5.74) is 3.02. The average Bonchev–Trinajstić information content (AvgIpc) is 2.53. The van der Waals surface area contributed by atoms with Gasteiger partial charge in [0.05, 0.1) is 0 Å². The third-order valence-corrected chi connectivity index (χ3v) is 5.97. The molecule has 0 radical (unpaired) electrons. The van der Waals surface area contributed by atoms with Crippen molar-refractivity contribution in [2.24, 2.45) is 17.3 Å². The molecule has 2 rings (SSSR count). The number of benzene rings is 1. The van der Waals surface area contributed by atoms with Gasteiger partial charge in [-0.3, -0.25) is 4.79 Å². The molecule has 0 amide bonds. The number of aryl methyl sites for hydroxylation is 2. The van der Waals surface area contributed by atoms with Gasteiger partial charge < -0.3 is 4.74 Å². The molecule has 0 saturated heterocycles. The van der Waals surface area contributed by atoms with Crippen molar-refractivity contribution >= 4 is 17.8 Å². The highest BCUT2D eigenvalue weighted by Crippen LogP contribution is 2.43. The van der Waals surface area contributed by atoms with Gasteiger partial charge >= 0.3 is 5.97 Å². The van der Waals surface area contributed by atoms with E-state index in [1.54, 1.807) is 13.0 Å². The fraction of sp³-hybridized carbons (Fsp3) is 0.545. The van der Waals surface area contributed by atoms with E-state index in [0.29, 0.717) is 12.3 Å². The van der Waals surface area contributed by atoms with Crippen molar-refractivity contribution in [1.29, 1.82) is 0 Å². The minimum absolute atomic E-state index is 0.179. The Labute approximate surface area is 151 Å². The molecule has 0 spiro atoms. The second-order valence-corrected chi connectivity index (χ2v) is 8.01. The number of ketones is 1. The summed E-state index contributed by atoms with van der Waals surface area (Å²) in [5.74, 6) is 0.448. The normalized spacial score (nSPS) is 29.6. The Bertz CT molecular complexity index is 689. The van der Waals surface area contributed by atoms with Crippen molar-refractivity contribution in [3.8, 4) is 0 Å². The van der Waals surface area contributed by atoms with E-state index in [4.69, 9.17) is 4.74 Å². The number of esters is 1. The monoisotopic (exact) mass is 342 g/mol. The summed E-state index contributed by atoms with van der Waals surface area (Å²) < 4.78 is 5.72. The number of ether oxygens (including phenoxy) is 1. The SMILES string of the molecule is CC(=O)C1(C)CC(C)C(C)C(OC(=O)C=Cc2ccc(C)c(C)c2)C1. The fourth-order valence-corrected chi connectivity index (χ4v) is 3.63. The Kier molecular flexibility index (Phi) is 5.87. The van der Waals surface area contributed by atoms with Crippen molar-refractivity contribution in [3.63, 3.8) is 0 Å². The van der Waals surface area contributed by atoms with Crippen molar-refractivity contribution in [2.45, 2.75) is 60.5 Å². The van der Waals surface area contributed by atoms with E-state index in [1.807, 2.05) is 19.1 Å². The maximum absolute atomic E-state index is 12.3. The van der Waals surface area contributed by atoms with Gasteiger partial charge in [-0.2, -0.15) is 0 Å². The molecule has 136 valence electrons. The minimum Gasteiger partial charge on any atom is -0.459 e. The highest BCUT2D eigenvalue weighted by atomic mass is 16.5. The molecule has 4 atom stereocenters. The molecule has 0 aliphatic heterocycles. The maximum Gasteiger partial charge on any atom is 0.331 e. The molecule has 4 unspecified atom stereocenters. The van der Waals surface area contributed by atoms with Crippen LogP contribution in [-0.2, 0) is 14.3 Å². The first kappa shape index (κ1) is 19.4. The Morgan fingerprint density at radius 1 is 1.16 bits per heavy atom. The van der Waals surface area contributed by atoms with Gasteiger partial charge in [0.15, 0.2) is 0 Å². The van der Waals surface area contributed by atoms with Crippen molar-refractivity contribution in [1.82, 2.24) is 0 Å². The zero-order chi connectivity index (χ0) is 18.8. The number of carbonyl (C=O) groups is 2. The zero-order valence-corrected chi connectivity index (χ0v) is 16.3. The van der Waals surface area contributed by atoms with Gasteiger partial charge in [0, 0.05) is 11.5 Å². The standard InChI is InChI=1S/C22H30O3/c1-14-7-8-19(11-15(14)2)9-10-21(24)25-20-13-22(6,18(5)23)12-16(3)17(20)4/h7-11,16-17,20H,12-13H2,1-6H3. The molecule has 25 heavy (non-hydrogen) atoms. The molecule has 3 heteroatoms. The van der Waals surface area contributed by atoms with Crippen molar-refractivity contribution in [3.05, 3.63) is 41.0 Å². The van der Waals surface area contributed by atoms with Crippen LogP contribution in [0, 0.1) is 31.1 Å². The third-order valence-electron chi connectivity index (χ3n) is 5.97. The molecule has 0 heterocycles. The van der Waals surface area contributed by atoms with Crippen LogP contribution in [0.25, 0.3) is 6.08 Å². The lowest BCUT2D eigenvalue weighted by atomic mass is 9.64. The van der Waals surface area contributed by atoms with Crippen LogP contribution in [0.3, 0.4) is 0 Å². The lowest BCUT2D eigenvalue weighted by Crippen LogP contribution is -2.44. The lowest BCUT2D eigenvalue weighted by Gasteiger charge is -2.43. The maximum atomic E-state index is 12.3. The molecule has 0 bridgehead atoms. The van der Waals surface area contributed by atoms with Crippen LogP contribution in [0.1, 0.15) is 57.2 Å². The van der Waals surface area contributed by atoms with Gasteiger partial charge in [0.1, 0.15) is 11.9 Å². The second-order valence-electron chi connectivity index (χ2n) is 8.01. The molecule has 1 saturated carbocycles. The Morgan fingerprint density at radius 3 is 2.44 bits per heavy atom. The number of rotatable bonds is 4. The number of Topliss-reactive ketones (excluding diaryl/α,β-unsaturated/α-hetero) is 1. The topological polar surface area (TPSA) is 43.4 Å². The summed E-state index contributed by atoms with van der Waals surface area (Å²) in [6, 6.07) is 6.09. The Hall–Kier alpha value is -1.90. The number of hydrogen-bond acceptors (Lipinski definition) is 3. The van der Waals surface area contributed by atoms with Crippen LogP contribution in [0.4, 0.5) is 0 Å². The zero-order valence-electron chi connectivity index (χ0n) is 16.3. The molecular formula is C22H30O3. The first-order chi connectivity index (χ1) is 11.6. The molecule has 1 aromatic carbocycles. The summed E-state index contributed by atoms with van der Waals surface area (Å²) in [7, 11) is 0. The predicted molar refractivity (Wildman–Crippen MR) is 101 cm³/mol. The van der Waals surface area contributed by atoms with Crippen LogP contribution < -0.4 is 0 Å². The van der Waals surface area contributed by atoms with E-state index < -0.39 is 5.41 Å². The van der Waals surface area contributed by atoms with Gasteiger partial charge in [-0.25, -0.2) is 4.79 Å². The smallest absolute Gasteiger partial charge is 0.331 e. The van der Waals surface area contributed by atoms with Crippen LogP contribution in [0.5, 0.6) is 0 Å². The predicted octanol–water partition coefficient (Wildman–Crippen LogP) is 4.89. The van der Waals surface area contributed by atoms with Crippen molar-refractivity contribution in [2.75, 3.05) is 0 Å². The molecule has 0 aromatic heterocycles. The van der Waals surface area contributed by atoms with Gasteiger partial charge in [0.25, 0.3) is 0 Å². The van der Waals surface area contributed by atoms with Crippen molar-refractivity contribution < 1.29 is 14.3 Å². The molecule has 1 fully saturated rings. The second kappa shape index (κ2) is 7.55. The highest BCUT2D eigenvalue weighted by molar-refractivity contribution is 5.87. The van der Waals surface area contributed by atoms with Crippen LogP contribution in [0.2, 0.25) is 0 Å². The molecule has 0 N–H and O–H groups in total. The average molecular weight is 342 g/mol. The van der Waals surface area contributed by atoms with Crippen LogP contribution in [0.15, 0.2) is 24.3 Å². The molecule has 3 nitrogen and oxygen atoms in total. The van der Waals surface area contributed by atoms with Gasteiger partial charge in [-0.15, -0.1) is 0 Å². The van der Waals surface area contributed by atoms with Gasteiger partial charge in [-0.1, -0.05) is 39.0 Å². The van der Waals surface area contributed by atoms with Gasteiger partial charge in [0.2, 0.25) is 0 Å². The van der Waals surface area contributed by atoms with E-state index in [0.717, 1.165) is 12.0 Å². The first-order valence-corrected chi connectivity index (χ1v) is 9.09. The van der Waals surface area contributed by atoms with E-state index in [2.05, 4.69) is 33.8 Å². The number of hydrogen-bond donors (Lipinski definition) is 0. The third kappa shape index (κ3) is 4.59. The number of carbonyl (C=O) groups excluding carboxylic acids is 2. The summed E-state index contributed by atoms with van der Waals surface area (Å²) in [6.45, 7) is 12.0. The minimum atomic E-state index is -0.394. The molecular weight excluding hydrogens is 312 g/mol. The highest BCUT2D eigenvalue weighted by Gasteiger charge is 2.44. The largest absolute Gasteiger partial charge is 0.459 e. The van der Waals surface area contributed by atoms with E-state index in [-0.39, 0.29) is 23.8 Å². The fourth-order valence-electron chi connectivity index (χ4n) is 3.63. The lowest BCUT2D eigenvalue weighted by molar-refractivity contribution is -0.155. The van der Waals surface area contributed by atoms with E-state index >= 15 is 0 Å². The molecule has 1 aliphatic rings. The molecule has 1 aromatic rings.